The summed E-state index contributed by atoms with van der Waals surface area (Å²) in [7, 11) is 0. The number of thioether (sulfide) groups is 1. The summed E-state index contributed by atoms with van der Waals surface area (Å²) in [6.45, 7) is 2.16. The molecule has 2 fully saturated rings. The lowest BCUT2D eigenvalue weighted by Crippen LogP contribution is -2.46. The van der Waals surface area contributed by atoms with Crippen LogP contribution in [0.4, 0.5) is 0 Å². The normalized spacial score (nSPS) is 22.8. The summed E-state index contributed by atoms with van der Waals surface area (Å²) in [5.74, 6) is 2.27. The van der Waals surface area contributed by atoms with Gasteiger partial charge in [0.2, 0.25) is 5.91 Å². The van der Waals surface area contributed by atoms with Crippen molar-refractivity contribution in [2.75, 3.05) is 24.6 Å². The van der Waals surface area contributed by atoms with Crippen LogP contribution in [0.2, 0.25) is 0 Å². The quantitative estimate of drug-likeness (QED) is 0.764. The minimum absolute atomic E-state index is 0.0192. The van der Waals surface area contributed by atoms with E-state index < -0.39 is 5.54 Å². The number of nitriles is 1. The van der Waals surface area contributed by atoms with Gasteiger partial charge in [0.15, 0.2) is 0 Å². The molecule has 0 radical (unpaired) electrons. The van der Waals surface area contributed by atoms with Crippen molar-refractivity contribution in [3.63, 3.8) is 0 Å². The minimum atomic E-state index is -0.560. The minimum Gasteiger partial charge on any atom is -0.337 e. The van der Waals surface area contributed by atoms with Crippen LogP contribution >= 0.6 is 11.8 Å². The van der Waals surface area contributed by atoms with Crippen molar-refractivity contribution in [2.45, 2.75) is 31.2 Å². The van der Waals surface area contributed by atoms with Crippen molar-refractivity contribution in [2.24, 2.45) is 5.92 Å². The summed E-state index contributed by atoms with van der Waals surface area (Å²) in [5.41, 5.74) is -0.560. The van der Waals surface area contributed by atoms with E-state index in [-0.39, 0.29) is 5.91 Å². The number of nitrogens with one attached hydrogen (secondary N) is 2. The molecule has 0 aromatic rings. The smallest absolute Gasteiger partial charge is 0.231 e. The maximum Gasteiger partial charge on any atom is 0.231 e. The highest BCUT2D eigenvalue weighted by Crippen LogP contribution is 2.28. The Kier molecular flexibility index (Phi) is 4.30. The lowest BCUT2D eigenvalue weighted by molar-refractivity contribution is -0.119. The summed E-state index contributed by atoms with van der Waals surface area (Å²) in [6.07, 6.45) is 3.72. The van der Waals surface area contributed by atoms with Gasteiger partial charge in [0, 0.05) is 0 Å². The Hall–Kier alpha value is -0.730. The Morgan fingerprint density at radius 1 is 1.47 bits per heavy atom. The highest BCUT2D eigenvalue weighted by molar-refractivity contribution is 7.99. The molecule has 0 atom stereocenters. The van der Waals surface area contributed by atoms with Gasteiger partial charge in [-0.3, -0.25) is 4.79 Å². The summed E-state index contributed by atoms with van der Waals surface area (Å²) in [5, 5.41) is 15.3. The number of amides is 1. The highest BCUT2D eigenvalue weighted by atomic mass is 32.2. The summed E-state index contributed by atoms with van der Waals surface area (Å²) >= 11 is 1.68. The average Bonchev–Trinajstić information content (AvgIpc) is 2.71. The van der Waals surface area contributed by atoms with Gasteiger partial charge in [-0.05, 0) is 50.4 Å². The van der Waals surface area contributed by atoms with Gasteiger partial charge in [0.25, 0.3) is 0 Å². The highest BCUT2D eigenvalue weighted by Gasteiger charge is 2.35. The molecule has 1 amide bonds. The molecule has 5 heteroatoms. The van der Waals surface area contributed by atoms with E-state index in [0.29, 0.717) is 5.75 Å². The van der Waals surface area contributed by atoms with Gasteiger partial charge < -0.3 is 10.6 Å². The van der Waals surface area contributed by atoms with Crippen LogP contribution in [0.5, 0.6) is 0 Å². The fourth-order valence-electron chi connectivity index (χ4n) is 2.33. The number of carbonyl (C=O) groups is 1. The molecule has 1 saturated heterocycles. The lowest BCUT2D eigenvalue weighted by Gasteiger charge is -2.27. The molecule has 0 aromatic carbocycles. The number of rotatable bonds is 5. The van der Waals surface area contributed by atoms with E-state index >= 15 is 0 Å². The molecule has 2 rings (SSSR count). The summed E-state index contributed by atoms with van der Waals surface area (Å²) in [6, 6.07) is 2.28. The molecule has 1 aliphatic carbocycles. The maximum atomic E-state index is 11.8. The average molecular weight is 253 g/mol. The fraction of sp³-hybridized carbons (Fsp3) is 0.833. The first kappa shape index (κ1) is 12.7. The Bertz CT molecular complexity index is 316. The molecular formula is C12H19N3OS. The van der Waals surface area contributed by atoms with E-state index in [1.165, 1.54) is 0 Å². The molecule has 1 saturated carbocycles. The second-order valence-electron chi connectivity index (χ2n) is 4.99. The monoisotopic (exact) mass is 253 g/mol. The van der Waals surface area contributed by atoms with Gasteiger partial charge in [-0.15, -0.1) is 0 Å². The largest absolute Gasteiger partial charge is 0.337 e. The molecule has 0 bridgehead atoms. The first-order valence-electron chi connectivity index (χ1n) is 6.25. The maximum absolute atomic E-state index is 11.8. The van der Waals surface area contributed by atoms with Crippen LogP contribution in [-0.4, -0.2) is 36.0 Å². The molecule has 0 spiro atoms. The molecule has 4 nitrogen and oxygen atoms in total. The third-order valence-corrected chi connectivity index (χ3v) is 4.68. The molecule has 0 aromatic heterocycles. The van der Waals surface area contributed by atoms with Crippen LogP contribution in [0.3, 0.4) is 0 Å². The van der Waals surface area contributed by atoms with Crippen molar-refractivity contribution in [1.82, 2.24) is 10.6 Å². The fourth-order valence-corrected chi connectivity index (χ4v) is 3.28. The zero-order valence-corrected chi connectivity index (χ0v) is 10.8. The van der Waals surface area contributed by atoms with Crippen LogP contribution in [-0.2, 0) is 4.79 Å². The number of hydrogen-bond donors (Lipinski definition) is 2. The van der Waals surface area contributed by atoms with Crippen molar-refractivity contribution >= 4 is 17.7 Å². The Morgan fingerprint density at radius 3 is 2.71 bits per heavy atom. The summed E-state index contributed by atoms with van der Waals surface area (Å²) < 4.78 is 0. The van der Waals surface area contributed by atoms with Crippen molar-refractivity contribution in [3.8, 4) is 6.07 Å². The topological polar surface area (TPSA) is 64.9 Å². The number of nitrogens with zero attached hydrogens (tertiary/aromatic N) is 1. The van der Waals surface area contributed by atoms with Gasteiger partial charge in [-0.25, -0.2) is 0 Å². The first-order valence-corrected chi connectivity index (χ1v) is 7.40. The molecule has 1 heterocycles. The van der Waals surface area contributed by atoms with Crippen LogP contribution in [0.25, 0.3) is 0 Å². The van der Waals surface area contributed by atoms with E-state index in [1.807, 2.05) is 0 Å². The number of carbonyl (C=O) groups excluding carboxylic acids is 1. The van der Waals surface area contributed by atoms with Crippen LogP contribution in [0, 0.1) is 17.2 Å². The molecule has 0 unspecified atom stereocenters. The standard InChI is InChI=1S/C12H19N3OS/c13-9-12(3-1-2-4-12)15-11(16)8-17-7-10-5-14-6-10/h10,14H,1-8H2,(H,15,16). The third kappa shape index (κ3) is 3.36. The zero-order chi connectivity index (χ0) is 12.1. The van der Waals surface area contributed by atoms with Crippen molar-refractivity contribution in [1.29, 1.82) is 5.26 Å². The zero-order valence-electron chi connectivity index (χ0n) is 10.00. The van der Waals surface area contributed by atoms with E-state index in [1.54, 1.807) is 11.8 Å². The second-order valence-corrected chi connectivity index (χ2v) is 6.02. The second kappa shape index (κ2) is 5.74. The third-order valence-electron chi connectivity index (χ3n) is 3.50. The van der Waals surface area contributed by atoms with E-state index in [4.69, 9.17) is 5.26 Å². The molecule has 2 N–H and O–H groups in total. The van der Waals surface area contributed by atoms with Crippen LogP contribution in [0.15, 0.2) is 0 Å². The molecule has 2 aliphatic rings. The Balaban J connectivity index is 1.67. The van der Waals surface area contributed by atoms with Gasteiger partial charge in [-0.2, -0.15) is 17.0 Å². The molecule has 94 valence electrons. The number of hydrogen-bond acceptors (Lipinski definition) is 4. The van der Waals surface area contributed by atoms with Crippen molar-refractivity contribution in [3.05, 3.63) is 0 Å². The summed E-state index contributed by atoms with van der Waals surface area (Å²) in [4.78, 5) is 11.8. The first-order chi connectivity index (χ1) is 8.24. The van der Waals surface area contributed by atoms with Gasteiger partial charge in [0.05, 0.1) is 11.8 Å². The van der Waals surface area contributed by atoms with E-state index in [9.17, 15) is 4.79 Å². The SMILES string of the molecule is N#CC1(NC(=O)CSCC2CNC2)CCCC1. The van der Waals surface area contributed by atoms with Gasteiger partial charge >= 0.3 is 0 Å². The predicted octanol–water partition coefficient (Wildman–Crippen LogP) is 0.892. The van der Waals surface area contributed by atoms with E-state index in [2.05, 4.69) is 16.7 Å². The lowest BCUT2D eigenvalue weighted by atomic mass is 10.0. The molecule has 1 aliphatic heterocycles. The van der Waals surface area contributed by atoms with Gasteiger partial charge in [0.1, 0.15) is 5.54 Å². The van der Waals surface area contributed by atoms with Crippen molar-refractivity contribution < 1.29 is 4.79 Å². The van der Waals surface area contributed by atoms with Crippen LogP contribution in [0.1, 0.15) is 25.7 Å². The molecule has 17 heavy (non-hydrogen) atoms. The molecular weight excluding hydrogens is 234 g/mol. The van der Waals surface area contributed by atoms with Crippen LogP contribution < -0.4 is 10.6 Å². The predicted molar refractivity (Wildman–Crippen MR) is 68.6 cm³/mol. The Morgan fingerprint density at radius 2 is 2.18 bits per heavy atom. The van der Waals surface area contributed by atoms with E-state index in [0.717, 1.165) is 50.4 Å². The van der Waals surface area contributed by atoms with Gasteiger partial charge in [-0.1, -0.05) is 0 Å². The Labute approximate surface area is 107 Å².